The molecule has 172 valence electrons. The molecule has 1 aromatic heterocycles. The van der Waals surface area contributed by atoms with Crippen LogP contribution in [0.2, 0.25) is 5.02 Å². The second-order valence-corrected chi connectivity index (χ2v) is 10.1. The van der Waals surface area contributed by atoms with Crippen molar-refractivity contribution in [2.45, 2.75) is 30.8 Å². The molecular weight excluding hydrogens is 456 g/mol. The zero-order valence-electron chi connectivity index (χ0n) is 18.0. The van der Waals surface area contributed by atoms with Crippen LogP contribution in [0.1, 0.15) is 30.1 Å². The summed E-state index contributed by atoms with van der Waals surface area (Å²) in [5.41, 5.74) is 0.677. The van der Waals surface area contributed by atoms with Crippen LogP contribution in [0, 0.1) is 0 Å². The molecule has 1 atom stereocenters. The monoisotopic (exact) mass is 480 g/mol. The summed E-state index contributed by atoms with van der Waals surface area (Å²) in [6.07, 6.45) is 2.19. The molecule has 3 rings (SSSR count). The highest BCUT2D eigenvalue weighted by Crippen LogP contribution is 2.29. The zero-order chi connectivity index (χ0) is 23.5. The summed E-state index contributed by atoms with van der Waals surface area (Å²) in [5.74, 6) is -1.10. The Labute approximate surface area is 192 Å². The fraction of sp³-hybridized carbons (Fsp3) is 0.381. The maximum Gasteiger partial charge on any atom is 0.341 e. The Bertz CT molecular complexity index is 1100. The number of nitrogens with zero attached hydrogens (tertiary/aromatic N) is 3. The molecule has 0 spiro atoms. The maximum atomic E-state index is 13.0. The van der Waals surface area contributed by atoms with Gasteiger partial charge in [0.2, 0.25) is 10.0 Å². The molecule has 1 amide bonds. The number of carbonyl (C=O) groups excluding carboxylic acids is 2. The molecule has 9 nitrogen and oxygen atoms in total. The Kier molecular flexibility index (Phi) is 7.37. The zero-order valence-corrected chi connectivity index (χ0v) is 19.6. The fourth-order valence-electron chi connectivity index (χ4n) is 3.24. The van der Waals surface area contributed by atoms with Crippen LogP contribution >= 0.6 is 11.6 Å². The Morgan fingerprint density at radius 1 is 1.19 bits per heavy atom. The summed E-state index contributed by atoms with van der Waals surface area (Å²) >= 11 is 5.79. The van der Waals surface area contributed by atoms with Crippen molar-refractivity contribution in [1.82, 2.24) is 9.29 Å². The van der Waals surface area contributed by atoms with Gasteiger partial charge in [-0.25, -0.2) is 22.5 Å². The maximum absolute atomic E-state index is 13.0. The predicted molar refractivity (Wildman–Crippen MR) is 122 cm³/mol. The quantitative estimate of drug-likeness (QED) is 0.607. The van der Waals surface area contributed by atoms with Gasteiger partial charge in [0, 0.05) is 33.4 Å². The molecule has 1 unspecified atom stereocenters. The van der Waals surface area contributed by atoms with Crippen LogP contribution in [-0.2, 0) is 19.6 Å². The number of halogens is 1. The fourth-order valence-corrected chi connectivity index (χ4v) is 4.28. The van der Waals surface area contributed by atoms with Gasteiger partial charge in [-0.15, -0.1) is 0 Å². The molecule has 1 aliphatic rings. The first-order chi connectivity index (χ1) is 15.1. The number of sulfonamides is 1. The van der Waals surface area contributed by atoms with E-state index in [1.54, 1.807) is 12.1 Å². The minimum absolute atomic E-state index is 0.0279. The van der Waals surface area contributed by atoms with Crippen molar-refractivity contribution in [3.05, 3.63) is 47.1 Å². The van der Waals surface area contributed by atoms with Crippen molar-refractivity contribution < 1.29 is 22.7 Å². The number of esters is 1. The van der Waals surface area contributed by atoms with Crippen LogP contribution in [0.25, 0.3) is 0 Å². The lowest BCUT2D eigenvalue weighted by Crippen LogP contribution is -2.31. The van der Waals surface area contributed by atoms with Crippen molar-refractivity contribution in [1.29, 1.82) is 0 Å². The lowest BCUT2D eigenvalue weighted by atomic mass is 10.1. The Hall–Kier alpha value is -2.69. The number of carbonyl (C=O) groups is 2. The van der Waals surface area contributed by atoms with Crippen LogP contribution in [0.4, 0.5) is 11.5 Å². The van der Waals surface area contributed by atoms with Gasteiger partial charge >= 0.3 is 5.97 Å². The Balaban J connectivity index is 1.84. The number of aromatic nitrogens is 1. The molecule has 2 aromatic rings. The molecule has 1 saturated heterocycles. The van der Waals surface area contributed by atoms with Crippen molar-refractivity contribution in [3.63, 3.8) is 0 Å². The van der Waals surface area contributed by atoms with Gasteiger partial charge < -0.3 is 15.0 Å². The van der Waals surface area contributed by atoms with E-state index < -0.39 is 28.0 Å². The standard InChI is InChI=1S/C21H25ClN4O5S/c1-14(20(27)24-19-9-6-15(22)13-23-19)31-21(28)17-12-16(32(29,30)25(2)3)7-8-18(17)26-10-4-5-11-26/h6-9,12-14H,4-5,10-11H2,1-3H3,(H,23,24,27). The number of amides is 1. The van der Waals surface area contributed by atoms with Gasteiger partial charge in [-0.2, -0.15) is 0 Å². The van der Waals surface area contributed by atoms with Crippen LogP contribution in [-0.4, -0.2) is 62.9 Å². The van der Waals surface area contributed by atoms with Crippen LogP contribution in [0.3, 0.4) is 0 Å². The lowest BCUT2D eigenvalue weighted by Gasteiger charge is -2.23. The topological polar surface area (TPSA) is 109 Å². The molecule has 1 aliphatic heterocycles. The van der Waals surface area contributed by atoms with Crippen molar-refractivity contribution in [3.8, 4) is 0 Å². The molecule has 0 bridgehead atoms. The number of hydrogen-bond acceptors (Lipinski definition) is 7. The van der Waals surface area contributed by atoms with Crippen LogP contribution in [0.15, 0.2) is 41.4 Å². The summed E-state index contributed by atoms with van der Waals surface area (Å²) in [5, 5.41) is 2.97. The number of nitrogens with one attached hydrogen (secondary N) is 1. The molecule has 1 aromatic carbocycles. The molecule has 32 heavy (non-hydrogen) atoms. The van der Waals surface area contributed by atoms with E-state index in [0.29, 0.717) is 10.7 Å². The average molecular weight is 481 g/mol. The van der Waals surface area contributed by atoms with Gasteiger partial charge in [0.1, 0.15) is 5.82 Å². The molecule has 0 radical (unpaired) electrons. The van der Waals surface area contributed by atoms with E-state index in [1.165, 1.54) is 45.4 Å². The normalized spacial score (nSPS) is 15.0. The number of anilines is 2. The third-order valence-electron chi connectivity index (χ3n) is 5.04. The van der Waals surface area contributed by atoms with E-state index >= 15 is 0 Å². The van der Waals surface area contributed by atoms with Crippen LogP contribution < -0.4 is 10.2 Å². The molecular formula is C21H25ClN4O5S. The SMILES string of the molecule is CC(OC(=O)c1cc(S(=O)(=O)N(C)C)ccc1N1CCCC1)C(=O)Nc1ccc(Cl)cn1. The average Bonchev–Trinajstić information content (AvgIpc) is 3.29. The molecule has 11 heteroatoms. The van der Waals surface area contributed by atoms with Crippen molar-refractivity contribution >= 4 is 45.0 Å². The first kappa shape index (κ1) is 24.0. The second-order valence-electron chi connectivity index (χ2n) is 7.56. The highest BCUT2D eigenvalue weighted by molar-refractivity contribution is 7.89. The number of hydrogen-bond donors (Lipinski definition) is 1. The van der Waals surface area contributed by atoms with Gasteiger partial charge in [0.15, 0.2) is 6.10 Å². The molecule has 1 N–H and O–H groups in total. The number of ether oxygens (including phenoxy) is 1. The lowest BCUT2D eigenvalue weighted by molar-refractivity contribution is -0.123. The van der Waals surface area contributed by atoms with Gasteiger partial charge in [0.05, 0.1) is 21.2 Å². The highest BCUT2D eigenvalue weighted by atomic mass is 35.5. The minimum Gasteiger partial charge on any atom is -0.449 e. The van der Waals surface area contributed by atoms with E-state index in [1.807, 2.05) is 4.90 Å². The molecule has 0 aliphatic carbocycles. The highest BCUT2D eigenvalue weighted by Gasteiger charge is 2.27. The minimum atomic E-state index is -3.75. The van der Waals surface area contributed by atoms with E-state index in [2.05, 4.69) is 10.3 Å². The third-order valence-corrected chi connectivity index (χ3v) is 7.08. The number of pyridine rings is 1. The molecule has 0 saturated carbocycles. The van der Waals surface area contributed by atoms with Crippen molar-refractivity contribution in [2.75, 3.05) is 37.4 Å². The molecule has 2 heterocycles. The van der Waals surface area contributed by atoms with Crippen molar-refractivity contribution in [2.24, 2.45) is 0 Å². The third kappa shape index (κ3) is 5.37. The summed E-state index contributed by atoms with van der Waals surface area (Å²) in [7, 11) is -0.922. The first-order valence-electron chi connectivity index (χ1n) is 10.0. The Morgan fingerprint density at radius 2 is 1.88 bits per heavy atom. The van der Waals surface area contributed by atoms with E-state index in [0.717, 1.165) is 30.2 Å². The molecule has 1 fully saturated rings. The van der Waals surface area contributed by atoms with Gasteiger partial charge in [-0.3, -0.25) is 4.79 Å². The summed E-state index contributed by atoms with van der Waals surface area (Å²) in [6.45, 7) is 2.93. The van der Waals surface area contributed by atoms with Gasteiger partial charge in [-0.05, 0) is 50.1 Å². The van der Waals surface area contributed by atoms with E-state index in [4.69, 9.17) is 16.3 Å². The van der Waals surface area contributed by atoms with Gasteiger partial charge in [0.25, 0.3) is 5.91 Å². The second kappa shape index (κ2) is 9.85. The first-order valence-corrected chi connectivity index (χ1v) is 11.9. The van der Waals surface area contributed by atoms with E-state index in [-0.39, 0.29) is 16.3 Å². The van der Waals surface area contributed by atoms with E-state index in [9.17, 15) is 18.0 Å². The smallest absolute Gasteiger partial charge is 0.341 e. The summed E-state index contributed by atoms with van der Waals surface area (Å²) in [6, 6.07) is 7.48. The van der Waals surface area contributed by atoms with Gasteiger partial charge in [-0.1, -0.05) is 11.6 Å². The largest absolute Gasteiger partial charge is 0.449 e. The number of rotatable bonds is 7. The number of benzene rings is 1. The predicted octanol–water partition coefficient (Wildman–Crippen LogP) is 2.77. The van der Waals surface area contributed by atoms with Crippen LogP contribution in [0.5, 0.6) is 0 Å². The summed E-state index contributed by atoms with van der Waals surface area (Å²) < 4.78 is 31.6. The summed E-state index contributed by atoms with van der Waals surface area (Å²) in [4.78, 5) is 31.4. The Morgan fingerprint density at radius 3 is 2.47 bits per heavy atom.